The van der Waals surface area contributed by atoms with Crippen LogP contribution in [0.5, 0.6) is 0 Å². The minimum atomic E-state index is -0.347. The van der Waals surface area contributed by atoms with Crippen LogP contribution in [0.25, 0.3) is 0 Å². The zero-order chi connectivity index (χ0) is 5.70. The van der Waals surface area contributed by atoms with Crippen LogP contribution in [0.2, 0.25) is 0 Å². The highest BCUT2D eigenvalue weighted by molar-refractivity contribution is 4.54. The number of hydrogen-bond acceptors (Lipinski definition) is 1. The summed E-state index contributed by atoms with van der Waals surface area (Å²) in [7, 11) is 0. The zero-order valence-corrected chi connectivity index (χ0v) is 4.85. The van der Waals surface area contributed by atoms with Crippen LogP contribution in [0, 0.1) is 6.92 Å². The van der Waals surface area contributed by atoms with Crippen molar-refractivity contribution in [1.82, 2.24) is 0 Å². The minimum absolute atomic E-state index is 0.347. The standard InChI is InChI=1S/C6H13O/c1-3-4-5-6(2)7/h6-7H,2-5H2,1H3. The second-order valence-electron chi connectivity index (χ2n) is 1.80. The van der Waals surface area contributed by atoms with E-state index in [1.165, 1.54) is 0 Å². The Morgan fingerprint density at radius 2 is 2.29 bits per heavy atom. The van der Waals surface area contributed by atoms with Gasteiger partial charge in [0.2, 0.25) is 0 Å². The van der Waals surface area contributed by atoms with E-state index in [1.54, 1.807) is 0 Å². The molecule has 0 aromatic rings. The van der Waals surface area contributed by atoms with E-state index >= 15 is 0 Å². The average molecular weight is 101 g/mol. The summed E-state index contributed by atoms with van der Waals surface area (Å²) in [5, 5.41) is 8.57. The summed E-state index contributed by atoms with van der Waals surface area (Å²) in [6, 6.07) is 0. The predicted molar refractivity (Wildman–Crippen MR) is 30.9 cm³/mol. The van der Waals surface area contributed by atoms with Gasteiger partial charge in [-0.3, -0.25) is 0 Å². The van der Waals surface area contributed by atoms with Gasteiger partial charge in [-0.15, -0.1) is 0 Å². The maximum absolute atomic E-state index is 8.57. The van der Waals surface area contributed by atoms with Gasteiger partial charge in [0.25, 0.3) is 0 Å². The third kappa shape index (κ3) is 5.96. The van der Waals surface area contributed by atoms with E-state index < -0.39 is 0 Å². The molecule has 0 fully saturated rings. The molecule has 1 unspecified atom stereocenters. The van der Waals surface area contributed by atoms with Gasteiger partial charge >= 0.3 is 0 Å². The van der Waals surface area contributed by atoms with Crippen LogP contribution in [0.15, 0.2) is 0 Å². The highest BCUT2D eigenvalue weighted by Gasteiger charge is 1.90. The fourth-order valence-corrected chi connectivity index (χ4v) is 0.440. The third-order valence-corrected chi connectivity index (χ3v) is 0.891. The van der Waals surface area contributed by atoms with Crippen molar-refractivity contribution in [3.8, 4) is 0 Å². The Balaban J connectivity index is 2.68. The molecule has 0 aliphatic heterocycles. The van der Waals surface area contributed by atoms with Crippen LogP contribution in [-0.2, 0) is 0 Å². The van der Waals surface area contributed by atoms with E-state index in [1.807, 2.05) is 0 Å². The Morgan fingerprint density at radius 3 is 2.43 bits per heavy atom. The molecule has 0 saturated carbocycles. The molecule has 0 saturated heterocycles. The summed E-state index contributed by atoms with van der Waals surface area (Å²) in [4.78, 5) is 0. The van der Waals surface area contributed by atoms with E-state index in [9.17, 15) is 0 Å². The molecule has 0 aliphatic rings. The SMILES string of the molecule is [CH2]C(O)CCCC. The van der Waals surface area contributed by atoms with Crippen molar-refractivity contribution in [1.29, 1.82) is 0 Å². The number of aliphatic hydroxyl groups is 1. The van der Waals surface area contributed by atoms with E-state index in [-0.39, 0.29) is 6.10 Å². The first-order chi connectivity index (χ1) is 3.27. The number of hydrogen-bond donors (Lipinski definition) is 1. The lowest BCUT2D eigenvalue weighted by molar-refractivity contribution is 0.206. The monoisotopic (exact) mass is 101 g/mol. The summed E-state index contributed by atoms with van der Waals surface area (Å²) in [6.07, 6.45) is 2.73. The van der Waals surface area contributed by atoms with Crippen molar-refractivity contribution >= 4 is 0 Å². The summed E-state index contributed by atoms with van der Waals surface area (Å²) >= 11 is 0. The molecule has 1 radical (unpaired) electrons. The first kappa shape index (κ1) is 6.96. The third-order valence-electron chi connectivity index (χ3n) is 0.891. The molecular formula is C6H13O. The second kappa shape index (κ2) is 4.13. The van der Waals surface area contributed by atoms with Crippen LogP contribution in [-0.4, -0.2) is 11.2 Å². The lowest BCUT2D eigenvalue weighted by atomic mass is 10.2. The van der Waals surface area contributed by atoms with Gasteiger partial charge in [-0.05, 0) is 13.3 Å². The highest BCUT2D eigenvalue weighted by Crippen LogP contribution is 1.96. The smallest absolute Gasteiger partial charge is 0.0541 e. The predicted octanol–water partition coefficient (Wildman–Crippen LogP) is 1.37. The van der Waals surface area contributed by atoms with Gasteiger partial charge in [-0.2, -0.15) is 0 Å². The second-order valence-corrected chi connectivity index (χ2v) is 1.80. The van der Waals surface area contributed by atoms with Gasteiger partial charge in [0, 0.05) is 0 Å². The summed E-state index contributed by atoms with van der Waals surface area (Å²) in [6.45, 7) is 5.53. The molecular weight excluding hydrogens is 88.1 g/mol. The number of unbranched alkanes of at least 4 members (excludes halogenated alkanes) is 1. The van der Waals surface area contributed by atoms with Crippen LogP contribution >= 0.6 is 0 Å². The van der Waals surface area contributed by atoms with Crippen molar-refractivity contribution in [2.75, 3.05) is 0 Å². The van der Waals surface area contributed by atoms with Crippen LogP contribution in [0.1, 0.15) is 26.2 Å². The fraction of sp³-hybridized carbons (Fsp3) is 0.833. The summed E-state index contributed by atoms with van der Waals surface area (Å²) in [5.74, 6) is 0. The first-order valence-corrected chi connectivity index (χ1v) is 2.78. The maximum atomic E-state index is 8.57. The van der Waals surface area contributed by atoms with E-state index in [2.05, 4.69) is 13.8 Å². The van der Waals surface area contributed by atoms with Gasteiger partial charge in [-0.1, -0.05) is 19.8 Å². The molecule has 0 rings (SSSR count). The Hall–Kier alpha value is -0.0400. The molecule has 43 valence electrons. The molecule has 7 heavy (non-hydrogen) atoms. The van der Waals surface area contributed by atoms with E-state index in [4.69, 9.17) is 5.11 Å². The van der Waals surface area contributed by atoms with Gasteiger partial charge in [0.15, 0.2) is 0 Å². The Morgan fingerprint density at radius 1 is 1.71 bits per heavy atom. The molecule has 1 nitrogen and oxygen atoms in total. The fourth-order valence-electron chi connectivity index (χ4n) is 0.440. The molecule has 0 aromatic carbocycles. The van der Waals surface area contributed by atoms with Gasteiger partial charge < -0.3 is 5.11 Å². The van der Waals surface area contributed by atoms with Crippen molar-refractivity contribution in [2.45, 2.75) is 32.3 Å². The Labute approximate surface area is 45.4 Å². The molecule has 0 spiro atoms. The average Bonchev–Trinajstić information content (AvgIpc) is 1.61. The minimum Gasteiger partial charge on any atom is -0.393 e. The quantitative estimate of drug-likeness (QED) is 0.569. The maximum Gasteiger partial charge on any atom is 0.0541 e. The van der Waals surface area contributed by atoms with Gasteiger partial charge in [-0.25, -0.2) is 0 Å². The number of rotatable bonds is 3. The lowest BCUT2D eigenvalue weighted by Crippen LogP contribution is -1.97. The summed E-state index contributed by atoms with van der Waals surface area (Å²) in [5.41, 5.74) is 0. The molecule has 1 atom stereocenters. The Kier molecular flexibility index (Phi) is 4.10. The van der Waals surface area contributed by atoms with Crippen LogP contribution in [0.3, 0.4) is 0 Å². The van der Waals surface area contributed by atoms with Crippen molar-refractivity contribution in [3.63, 3.8) is 0 Å². The number of aliphatic hydroxyl groups excluding tert-OH is 1. The molecule has 0 bridgehead atoms. The van der Waals surface area contributed by atoms with E-state index in [0.29, 0.717) is 0 Å². The Bertz CT molecular complexity index is 33.2. The van der Waals surface area contributed by atoms with Crippen molar-refractivity contribution in [2.24, 2.45) is 0 Å². The largest absolute Gasteiger partial charge is 0.393 e. The molecule has 0 aliphatic carbocycles. The van der Waals surface area contributed by atoms with Gasteiger partial charge in [0.1, 0.15) is 0 Å². The molecule has 0 aromatic heterocycles. The molecule has 0 heterocycles. The van der Waals surface area contributed by atoms with Gasteiger partial charge in [0.05, 0.1) is 6.10 Å². The zero-order valence-electron chi connectivity index (χ0n) is 4.85. The molecule has 1 heteroatoms. The van der Waals surface area contributed by atoms with Crippen LogP contribution < -0.4 is 0 Å². The van der Waals surface area contributed by atoms with E-state index in [0.717, 1.165) is 19.3 Å². The first-order valence-electron chi connectivity index (χ1n) is 2.78. The molecule has 0 amide bonds. The van der Waals surface area contributed by atoms with Crippen LogP contribution in [0.4, 0.5) is 0 Å². The topological polar surface area (TPSA) is 20.2 Å². The normalized spacial score (nSPS) is 14.1. The highest BCUT2D eigenvalue weighted by atomic mass is 16.3. The lowest BCUT2D eigenvalue weighted by Gasteiger charge is -1.98. The molecule has 1 N–H and O–H groups in total. The van der Waals surface area contributed by atoms with Crippen molar-refractivity contribution in [3.05, 3.63) is 6.92 Å². The van der Waals surface area contributed by atoms with Crippen molar-refractivity contribution < 1.29 is 5.11 Å². The summed E-state index contributed by atoms with van der Waals surface area (Å²) < 4.78 is 0.